The average molecular weight is 369 g/mol. The number of nitrogens with one attached hydrogen (secondary N) is 2. The highest BCUT2D eigenvalue weighted by Gasteiger charge is 2.23. The first-order valence-electron chi connectivity index (χ1n) is 8.79. The lowest BCUT2D eigenvalue weighted by molar-refractivity contribution is -0.123. The molecule has 2 aromatic rings. The molecule has 0 atom stereocenters. The lowest BCUT2D eigenvalue weighted by atomic mass is 10.1. The van der Waals surface area contributed by atoms with Crippen LogP contribution in [0.2, 0.25) is 0 Å². The fourth-order valence-electron chi connectivity index (χ4n) is 2.50. The second-order valence-electron chi connectivity index (χ2n) is 6.35. The zero-order chi connectivity index (χ0) is 19.2. The van der Waals surface area contributed by atoms with E-state index in [-0.39, 0.29) is 24.5 Å². The van der Waals surface area contributed by atoms with Crippen molar-refractivity contribution in [1.29, 1.82) is 0 Å². The second-order valence-corrected chi connectivity index (χ2v) is 6.35. The Bertz CT molecular complexity index is 816. The van der Waals surface area contributed by atoms with E-state index in [9.17, 15) is 9.59 Å². The van der Waals surface area contributed by atoms with E-state index in [2.05, 4.69) is 10.6 Å². The van der Waals surface area contributed by atoms with Crippen molar-refractivity contribution in [3.63, 3.8) is 0 Å². The first-order chi connectivity index (χ1) is 13.1. The molecule has 7 heteroatoms. The van der Waals surface area contributed by atoms with Gasteiger partial charge in [0.05, 0.1) is 7.11 Å². The molecule has 1 saturated carbocycles. The molecule has 0 saturated heterocycles. The Balaban J connectivity index is 1.65. The van der Waals surface area contributed by atoms with Gasteiger partial charge in [0.2, 0.25) is 0 Å². The Morgan fingerprint density at radius 2 is 1.85 bits per heavy atom. The van der Waals surface area contributed by atoms with Crippen molar-refractivity contribution in [2.75, 3.05) is 19.0 Å². The summed E-state index contributed by atoms with van der Waals surface area (Å²) in [6, 6.07) is 12.4. The summed E-state index contributed by atoms with van der Waals surface area (Å²) < 4.78 is 10.8. The number of carbonyl (C=O) groups excluding carboxylic acids is 2. The highest BCUT2D eigenvalue weighted by molar-refractivity contribution is 6.04. The van der Waals surface area contributed by atoms with Gasteiger partial charge < -0.3 is 25.8 Å². The van der Waals surface area contributed by atoms with Gasteiger partial charge in [-0.15, -0.1) is 0 Å². The summed E-state index contributed by atoms with van der Waals surface area (Å²) in [5.74, 6) is 0.453. The number of benzene rings is 2. The zero-order valence-electron chi connectivity index (χ0n) is 15.2. The number of methoxy groups -OCH3 is 1. The summed E-state index contributed by atoms with van der Waals surface area (Å²) in [7, 11) is 1.52. The molecule has 7 nitrogen and oxygen atoms in total. The summed E-state index contributed by atoms with van der Waals surface area (Å²) in [6.45, 7) is 0.320. The number of hydrogen-bond acceptors (Lipinski definition) is 5. The summed E-state index contributed by atoms with van der Waals surface area (Å²) in [5, 5.41) is 5.67. The molecule has 27 heavy (non-hydrogen) atoms. The van der Waals surface area contributed by atoms with Gasteiger partial charge in [-0.1, -0.05) is 12.1 Å². The van der Waals surface area contributed by atoms with Crippen molar-refractivity contribution in [2.45, 2.75) is 25.4 Å². The average Bonchev–Trinajstić information content (AvgIpc) is 3.50. The van der Waals surface area contributed by atoms with E-state index in [4.69, 9.17) is 15.2 Å². The van der Waals surface area contributed by atoms with Crippen molar-refractivity contribution in [2.24, 2.45) is 5.73 Å². The first kappa shape index (κ1) is 18.7. The van der Waals surface area contributed by atoms with Crippen LogP contribution in [0, 0.1) is 0 Å². The van der Waals surface area contributed by atoms with Crippen LogP contribution in [-0.4, -0.2) is 31.6 Å². The quantitative estimate of drug-likeness (QED) is 0.661. The maximum absolute atomic E-state index is 12.4. The van der Waals surface area contributed by atoms with Gasteiger partial charge in [0.15, 0.2) is 18.1 Å². The molecular formula is C20H23N3O4. The minimum atomic E-state index is -0.249. The molecule has 0 unspecified atom stereocenters. The number of nitrogens with two attached hydrogens (primary N) is 1. The summed E-state index contributed by atoms with van der Waals surface area (Å²) >= 11 is 0. The summed E-state index contributed by atoms with van der Waals surface area (Å²) in [5.41, 5.74) is 7.59. The van der Waals surface area contributed by atoms with Gasteiger partial charge in [0.1, 0.15) is 0 Å². The number of hydrogen-bond donors (Lipinski definition) is 3. The molecule has 1 aliphatic rings. The number of carbonyl (C=O) groups is 2. The van der Waals surface area contributed by atoms with Crippen LogP contribution in [0.25, 0.3) is 0 Å². The predicted molar refractivity (Wildman–Crippen MR) is 102 cm³/mol. The van der Waals surface area contributed by atoms with Gasteiger partial charge in [0.25, 0.3) is 11.8 Å². The van der Waals surface area contributed by atoms with E-state index >= 15 is 0 Å². The van der Waals surface area contributed by atoms with Gasteiger partial charge >= 0.3 is 0 Å². The fraction of sp³-hybridized carbons (Fsp3) is 0.300. The van der Waals surface area contributed by atoms with Crippen molar-refractivity contribution in [1.82, 2.24) is 5.32 Å². The van der Waals surface area contributed by atoms with Gasteiger partial charge in [-0.25, -0.2) is 0 Å². The standard InChI is InChI=1S/C20H23N3O4/c1-26-17-9-8-16(10-18(17)27-12-19(24)22-15-6-7-15)23-20(25)14-4-2-13(11-21)3-5-14/h2-5,8-10,15H,6-7,11-12,21H2,1H3,(H,22,24)(H,23,25). The molecule has 142 valence electrons. The maximum Gasteiger partial charge on any atom is 0.258 e. The van der Waals surface area contributed by atoms with Crippen LogP contribution < -0.4 is 25.8 Å². The normalized spacial score (nSPS) is 13.0. The number of anilines is 1. The third-order valence-electron chi connectivity index (χ3n) is 4.17. The van der Waals surface area contributed by atoms with E-state index in [1.807, 2.05) is 12.1 Å². The van der Waals surface area contributed by atoms with Gasteiger partial charge in [-0.3, -0.25) is 9.59 Å². The van der Waals surface area contributed by atoms with Crippen LogP contribution in [0.1, 0.15) is 28.8 Å². The Morgan fingerprint density at radius 1 is 1.11 bits per heavy atom. The van der Waals surface area contributed by atoms with Gasteiger partial charge in [-0.05, 0) is 42.7 Å². The second kappa shape index (κ2) is 8.55. The van der Waals surface area contributed by atoms with E-state index < -0.39 is 0 Å². The summed E-state index contributed by atoms with van der Waals surface area (Å²) in [4.78, 5) is 24.2. The monoisotopic (exact) mass is 369 g/mol. The molecule has 1 fully saturated rings. The number of ether oxygens (including phenoxy) is 2. The van der Waals surface area contributed by atoms with Crippen LogP contribution in [0.4, 0.5) is 5.69 Å². The largest absolute Gasteiger partial charge is 0.493 e. The number of amides is 2. The van der Waals surface area contributed by atoms with Crippen molar-refractivity contribution < 1.29 is 19.1 Å². The van der Waals surface area contributed by atoms with Crippen molar-refractivity contribution in [3.8, 4) is 11.5 Å². The smallest absolute Gasteiger partial charge is 0.258 e. The number of rotatable bonds is 8. The minimum Gasteiger partial charge on any atom is -0.493 e. The summed E-state index contributed by atoms with van der Waals surface area (Å²) in [6.07, 6.45) is 2.03. The highest BCUT2D eigenvalue weighted by Crippen LogP contribution is 2.30. The predicted octanol–water partition coefficient (Wildman–Crippen LogP) is 2.06. The molecule has 2 aromatic carbocycles. The fourth-order valence-corrected chi connectivity index (χ4v) is 2.50. The van der Waals surface area contributed by atoms with Crippen LogP contribution in [0.3, 0.4) is 0 Å². The zero-order valence-corrected chi connectivity index (χ0v) is 15.2. The Morgan fingerprint density at radius 3 is 2.48 bits per heavy atom. The van der Waals surface area contributed by atoms with Crippen LogP contribution in [0.5, 0.6) is 11.5 Å². The third kappa shape index (κ3) is 5.21. The first-order valence-corrected chi connectivity index (χ1v) is 8.79. The van der Waals surface area contributed by atoms with E-state index in [1.54, 1.807) is 30.3 Å². The lowest BCUT2D eigenvalue weighted by Gasteiger charge is -2.13. The SMILES string of the molecule is COc1ccc(NC(=O)c2ccc(CN)cc2)cc1OCC(=O)NC1CC1. The molecule has 0 heterocycles. The maximum atomic E-state index is 12.4. The van der Waals surface area contributed by atoms with Crippen molar-refractivity contribution >= 4 is 17.5 Å². The molecule has 0 aliphatic heterocycles. The molecule has 2 amide bonds. The molecule has 3 rings (SSSR count). The highest BCUT2D eigenvalue weighted by atomic mass is 16.5. The Labute approximate surface area is 157 Å². The van der Waals surface area contributed by atoms with Gasteiger partial charge in [-0.2, -0.15) is 0 Å². The van der Waals surface area contributed by atoms with Crippen molar-refractivity contribution in [3.05, 3.63) is 53.6 Å². The molecule has 4 N–H and O–H groups in total. The van der Waals surface area contributed by atoms with Crippen LogP contribution in [-0.2, 0) is 11.3 Å². The van der Waals surface area contributed by atoms with E-state index in [1.165, 1.54) is 7.11 Å². The van der Waals surface area contributed by atoms with Gasteiger partial charge in [0, 0.05) is 29.9 Å². The van der Waals surface area contributed by atoms with Crippen LogP contribution in [0.15, 0.2) is 42.5 Å². The Kier molecular flexibility index (Phi) is 5.93. The van der Waals surface area contributed by atoms with E-state index in [0.29, 0.717) is 29.3 Å². The molecule has 0 radical (unpaired) electrons. The topological polar surface area (TPSA) is 103 Å². The lowest BCUT2D eigenvalue weighted by Crippen LogP contribution is -2.30. The molecule has 0 aromatic heterocycles. The molecule has 0 spiro atoms. The van der Waals surface area contributed by atoms with E-state index in [0.717, 1.165) is 18.4 Å². The Hall–Kier alpha value is -3.06. The minimum absolute atomic E-state index is 0.106. The molecule has 1 aliphatic carbocycles. The molecule has 0 bridgehead atoms. The molecular weight excluding hydrogens is 346 g/mol. The third-order valence-corrected chi connectivity index (χ3v) is 4.17. The van der Waals surface area contributed by atoms with Crippen LogP contribution >= 0.6 is 0 Å².